The number of benzene rings is 1. The van der Waals surface area contributed by atoms with Crippen molar-refractivity contribution in [1.82, 2.24) is 0 Å². The Hall–Kier alpha value is 1.35. The Morgan fingerprint density at radius 2 is 0.630 bits per heavy atom. The van der Waals surface area contributed by atoms with Crippen LogP contribution in [-0.2, 0) is 6.42 Å². The van der Waals surface area contributed by atoms with Crippen molar-refractivity contribution in [3.63, 3.8) is 0 Å². The van der Waals surface area contributed by atoms with E-state index in [-0.39, 0.29) is 0 Å². The van der Waals surface area contributed by atoms with Crippen molar-refractivity contribution in [3.05, 3.63) is 23.8 Å². The van der Waals surface area contributed by atoms with E-state index in [4.69, 9.17) is 11.5 Å². The Bertz CT molecular complexity index is 1120. The third kappa shape index (κ3) is 13.7. The van der Waals surface area contributed by atoms with E-state index in [0.717, 1.165) is 23.6 Å². The molecule has 238 valence electrons. The summed E-state index contributed by atoms with van der Waals surface area (Å²) in [6.45, 7) is 0.707. The molecule has 1 aromatic carbocycles. The average molecular weight is 665 g/mol. The summed E-state index contributed by atoms with van der Waals surface area (Å²) in [7, 11) is 51.8. The second-order valence-corrected chi connectivity index (χ2v) is 22.6. The molecule has 1 aliphatic carbocycles. The molecule has 0 bridgehead atoms. The predicted molar refractivity (Wildman–Crippen MR) is 345 cm³/mol. The SMILES string of the molecule is BB(B)B(B(B)B)B(B(B(B)B)B(B)B)B(B(B(B)B)B(B)B)B(B(B(B(B)B)B(B)B)B(B(B)B)B(B)B)C1CCC(Cc2cc(N)cc(N)c2)CC1. The largest absolute Gasteiger partial charge is 0.399 e. The van der Waals surface area contributed by atoms with E-state index in [1.807, 2.05) is 6.07 Å². The van der Waals surface area contributed by atoms with Crippen LogP contribution in [0.1, 0.15) is 31.2 Å². The highest BCUT2D eigenvalue weighted by Gasteiger charge is 2.59. The molecule has 0 unspecified atom stereocenters. The van der Waals surface area contributed by atoms with Crippen molar-refractivity contribution < 1.29 is 0 Å². The Balaban J connectivity index is 3.12. The molecule has 1 aliphatic rings. The van der Waals surface area contributed by atoms with Gasteiger partial charge in [-0.15, -0.1) is 0 Å². The lowest BCUT2D eigenvalue weighted by atomic mass is 8.30. The van der Waals surface area contributed by atoms with E-state index in [2.05, 4.69) is 167 Å². The van der Waals surface area contributed by atoms with E-state index < -0.39 is 0 Å². The van der Waals surface area contributed by atoms with Gasteiger partial charge in [-0.3, -0.25) is 0 Å². The van der Waals surface area contributed by atoms with Gasteiger partial charge in [0.25, 0.3) is 0 Å². The molecule has 0 aromatic heterocycles. The normalized spacial score (nSPS) is 14.6. The van der Waals surface area contributed by atoms with Crippen LogP contribution in [0.4, 0.5) is 11.4 Å². The lowest BCUT2D eigenvalue weighted by Gasteiger charge is -2.54. The third-order valence-electron chi connectivity index (χ3n) is 15.3. The molecule has 4 N–H and O–H groups in total. The van der Waals surface area contributed by atoms with Crippen LogP contribution in [-0.4, -0.2) is 276 Å². The fourth-order valence-electron chi connectivity index (χ4n) is 14.5. The van der Waals surface area contributed by atoms with Crippen molar-refractivity contribution in [2.24, 2.45) is 5.92 Å². The topological polar surface area (TPSA) is 52.0 Å². The number of hydrogen-bond acceptors (Lipinski definition) is 2. The van der Waals surface area contributed by atoms with E-state index in [0.29, 0.717) is 127 Å². The summed E-state index contributed by atoms with van der Waals surface area (Å²) in [5.41, 5.74) is 15.6. The summed E-state index contributed by atoms with van der Waals surface area (Å²) < 4.78 is 0. The van der Waals surface area contributed by atoms with Crippen LogP contribution in [0.5, 0.6) is 0 Å². The Kier molecular flexibility index (Phi) is 22.3. The van der Waals surface area contributed by atoms with Crippen molar-refractivity contribution >= 4 is 288 Å². The minimum atomic E-state index is 0.652. The average Bonchev–Trinajstić information content (AvgIpc) is 2.98. The summed E-state index contributed by atoms with van der Waals surface area (Å²) in [5.74, 6) is 1.46. The van der Waals surface area contributed by atoms with Gasteiger partial charge in [-0.1, -0.05) is 31.5 Å². The van der Waals surface area contributed by atoms with E-state index >= 15 is 0 Å². The first-order valence-electron chi connectivity index (χ1n) is 23.6. The molecule has 2 nitrogen and oxygen atoms in total. The number of nitrogen functional groups attached to an aromatic ring is 2. The standard InChI is InChI=1S/C13H59B39N2/c14-35(15)47(36(16)17)45(48(37(18)19)38(20)21)34(11-3-1-9(2-4-11)5-10-6-12(53)8-13(54)7-10)46(49(39(22)23)40(24)25)52(50(41(26)27)42(28)29)51(43(30)31)44(32)33/h6-9,11H,1-5,14-33,53-54H2. The second kappa shape index (κ2) is 23.4. The molecule has 0 aliphatic heterocycles. The molecule has 0 spiro atoms. The third-order valence-corrected chi connectivity index (χ3v) is 15.3. The maximum atomic E-state index is 6.31. The van der Waals surface area contributed by atoms with Gasteiger partial charge in [0.1, 0.15) is 0 Å². The molecule has 1 fully saturated rings. The van der Waals surface area contributed by atoms with Crippen molar-refractivity contribution in [1.29, 1.82) is 0 Å². The van der Waals surface area contributed by atoms with E-state index in [1.54, 1.807) is 0 Å². The summed E-state index contributed by atoms with van der Waals surface area (Å²) in [6, 6.07) is 6.27. The zero-order valence-electron chi connectivity index (χ0n) is 40.0. The quantitative estimate of drug-likeness (QED) is 0.101. The molecule has 1 saturated carbocycles. The molecule has 2 rings (SSSR count). The van der Waals surface area contributed by atoms with Gasteiger partial charge in [-0.25, -0.2) is 0 Å². The number of rotatable bonds is 21. The Morgan fingerprint density at radius 1 is 0.370 bits per heavy atom. The molecule has 54 heavy (non-hydrogen) atoms. The van der Waals surface area contributed by atoms with Gasteiger partial charge in [0.2, 0.25) is 0 Å². The van der Waals surface area contributed by atoms with Gasteiger partial charge in [0.15, 0.2) is 0 Å². The van der Waals surface area contributed by atoms with Gasteiger partial charge in [-0.05, 0) is 36.1 Å². The highest BCUT2D eigenvalue weighted by Crippen LogP contribution is 2.40. The second-order valence-electron chi connectivity index (χ2n) is 22.6. The maximum absolute atomic E-state index is 6.31. The summed E-state index contributed by atoms with van der Waals surface area (Å²) in [5, 5.41) is 0. The van der Waals surface area contributed by atoms with Gasteiger partial charge in [-0.2, -0.15) is 0 Å². The highest BCUT2D eigenvalue weighted by molar-refractivity contribution is 8.28. The summed E-state index contributed by atoms with van der Waals surface area (Å²) in [4.78, 5) is 0. The van der Waals surface area contributed by atoms with Crippen LogP contribution < -0.4 is 11.5 Å². The minimum Gasteiger partial charge on any atom is -0.399 e. The molecule has 0 heterocycles. The number of nitrogens with two attached hydrogens (primary N) is 2. The maximum Gasteiger partial charge on any atom is 0.0552 e. The lowest BCUT2D eigenvalue weighted by molar-refractivity contribution is 0.356. The monoisotopic (exact) mass is 673 g/mol. The fraction of sp³-hybridized carbons (Fsp3) is 0.538. The Morgan fingerprint density at radius 3 is 0.907 bits per heavy atom. The minimum absolute atomic E-state index is 0.652. The lowest BCUT2D eigenvalue weighted by Crippen LogP contribution is -2.90. The van der Waals surface area contributed by atoms with Crippen LogP contribution in [0.3, 0.4) is 0 Å². The molecule has 1 aromatic rings. The fourth-order valence-corrected chi connectivity index (χ4v) is 14.5. The molecule has 0 saturated heterocycles. The molecular weight excluding hydrogens is 606 g/mol. The zero-order chi connectivity index (χ0) is 41.5. The van der Waals surface area contributed by atoms with E-state index in [1.165, 1.54) is 31.2 Å². The molecule has 41 heteroatoms. The number of hydrogen-bond donors (Lipinski definition) is 2. The van der Waals surface area contributed by atoms with Gasteiger partial charge in [0, 0.05) is 133 Å². The summed E-state index contributed by atoms with van der Waals surface area (Å²) >= 11 is 0. The van der Waals surface area contributed by atoms with Crippen molar-refractivity contribution in [2.75, 3.05) is 11.5 Å². The predicted octanol–water partition coefficient (Wildman–Crippen LogP) is -22.6. The molecule has 0 amide bonds. The smallest absolute Gasteiger partial charge is 0.0552 e. The van der Waals surface area contributed by atoms with Gasteiger partial charge in [0.05, 0.1) is 155 Å². The van der Waals surface area contributed by atoms with Crippen LogP contribution in [0.15, 0.2) is 18.2 Å². The first-order valence-corrected chi connectivity index (χ1v) is 23.6. The first-order chi connectivity index (χ1) is 24.9. The zero-order valence-corrected chi connectivity index (χ0v) is 40.0. The first kappa shape index (κ1) is 51.5. The van der Waals surface area contributed by atoms with E-state index in [9.17, 15) is 0 Å². The Labute approximate surface area is 364 Å². The van der Waals surface area contributed by atoms with Crippen molar-refractivity contribution in [3.8, 4) is 0 Å². The molecule has 0 atom stereocenters. The van der Waals surface area contributed by atoms with Crippen LogP contribution in [0.25, 0.3) is 0 Å². The van der Waals surface area contributed by atoms with Crippen LogP contribution in [0, 0.1) is 5.92 Å². The van der Waals surface area contributed by atoms with Gasteiger partial charge < -0.3 is 11.5 Å². The van der Waals surface area contributed by atoms with Crippen LogP contribution in [0.2, 0.25) is 5.82 Å². The summed E-state index contributed by atoms with van der Waals surface area (Å²) in [6.07, 6.45) is 18.7. The van der Waals surface area contributed by atoms with Crippen molar-refractivity contribution in [2.45, 2.75) is 37.9 Å². The number of anilines is 2. The molecule has 0 radical (unpaired) electrons. The van der Waals surface area contributed by atoms with Crippen LogP contribution >= 0.6 is 0 Å². The van der Waals surface area contributed by atoms with Gasteiger partial charge >= 0.3 is 0 Å². The highest BCUT2D eigenvalue weighted by atomic mass is 14.6. The molecular formula is C13H59B39N2.